The molecule has 134 valence electrons. The van der Waals surface area contributed by atoms with Crippen molar-refractivity contribution in [2.24, 2.45) is 0 Å². The number of nitrogens with zero attached hydrogens (tertiary/aromatic N) is 1. The summed E-state index contributed by atoms with van der Waals surface area (Å²) in [5.41, 5.74) is 0. The molecule has 0 spiro atoms. The lowest BCUT2D eigenvalue weighted by atomic mass is 10.1. The third-order valence-electron chi connectivity index (χ3n) is 4.94. The summed E-state index contributed by atoms with van der Waals surface area (Å²) in [5, 5.41) is 5.38. The lowest BCUT2D eigenvalue weighted by Gasteiger charge is -2.35. The van der Waals surface area contributed by atoms with Crippen LogP contribution in [0.5, 0.6) is 0 Å². The minimum absolute atomic E-state index is 0.275. The van der Waals surface area contributed by atoms with Crippen LogP contribution in [-0.2, 0) is 4.57 Å². The Labute approximate surface area is 151 Å². The van der Waals surface area contributed by atoms with Gasteiger partial charge >= 0.3 is 0 Å². The SMILES string of the molecule is CCCCN1CCCC(NP(=O)(c2ccccc2)c2ccccc2)C1. The number of rotatable bonds is 7. The number of nitrogens with one attached hydrogen (secondary N) is 1. The molecule has 1 fully saturated rings. The molecule has 2 aromatic carbocycles. The molecule has 1 N–H and O–H groups in total. The van der Waals surface area contributed by atoms with Gasteiger partial charge in [-0.3, -0.25) is 9.65 Å². The highest BCUT2D eigenvalue weighted by molar-refractivity contribution is 7.76. The Kier molecular flexibility index (Phi) is 6.47. The zero-order valence-electron chi connectivity index (χ0n) is 15.1. The van der Waals surface area contributed by atoms with Crippen LogP contribution in [-0.4, -0.2) is 30.6 Å². The maximum atomic E-state index is 14.1. The summed E-state index contributed by atoms with van der Waals surface area (Å²) in [6.45, 7) is 5.54. The fourth-order valence-electron chi connectivity index (χ4n) is 3.58. The summed E-state index contributed by atoms with van der Waals surface area (Å²) in [6, 6.07) is 20.1. The predicted molar refractivity (Wildman–Crippen MR) is 107 cm³/mol. The summed E-state index contributed by atoms with van der Waals surface area (Å²) in [5.74, 6) is 0. The monoisotopic (exact) mass is 356 g/mol. The normalized spacial score (nSPS) is 19.0. The molecule has 0 saturated carbocycles. The summed E-state index contributed by atoms with van der Waals surface area (Å²) in [7, 11) is -2.82. The van der Waals surface area contributed by atoms with Gasteiger partial charge in [-0.25, -0.2) is 0 Å². The maximum absolute atomic E-state index is 14.1. The smallest absolute Gasteiger partial charge is 0.204 e. The van der Waals surface area contributed by atoms with Crippen LogP contribution in [0.3, 0.4) is 0 Å². The minimum Gasteiger partial charge on any atom is -0.302 e. The highest BCUT2D eigenvalue weighted by atomic mass is 31.2. The van der Waals surface area contributed by atoms with Gasteiger partial charge in [0.15, 0.2) is 0 Å². The summed E-state index contributed by atoms with van der Waals surface area (Å²) in [4.78, 5) is 2.52. The second-order valence-electron chi connectivity index (χ2n) is 6.90. The van der Waals surface area contributed by atoms with E-state index in [-0.39, 0.29) is 6.04 Å². The van der Waals surface area contributed by atoms with Crippen LogP contribution in [0.1, 0.15) is 32.6 Å². The van der Waals surface area contributed by atoms with Crippen LogP contribution < -0.4 is 15.7 Å². The van der Waals surface area contributed by atoms with Crippen molar-refractivity contribution in [2.75, 3.05) is 19.6 Å². The molecule has 1 unspecified atom stereocenters. The predicted octanol–water partition coefficient (Wildman–Crippen LogP) is 3.77. The fourth-order valence-corrected chi connectivity index (χ4v) is 6.08. The van der Waals surface area contributed by atoms with E-state index in [2.05, 4.69) is 16.9 Å². The molecule has 1 saturated heterocycles. The van der Waals surface area contributed by atoms with Crippen molar-refractivity contribution in [2.45, 2.75) is 38.6 Å². The molecule has 0 aliphatic carbocycles. The van der Waals surface area contributed by atoms with E-state index in [0.717, 1.165) is 30.1 Å². The second kappa shape index (κ2) is 8.80. The Balaban J connectivity index is 1.83. The van der Waals surface area contributed by atoms with Gasteiger partial charge < -0.3 is 4.90 Å². The second-order valence-corrected chi connectivity index (χ2v) is 9.41. The molecule has 2 aromatic rings. The van der Waals surface area contributed by atoms with Crippen molar-refractivity contribution < 1.29 is 4.57 Å². The lowest BCUT2D eigenvalue weighted by Crippen LogP contribution is -2.47. The fraction of sp³-hybridized carbons (Fsp3) is 0.429. The van der Waals surface area contributed by atoms with Gasteiger partial charge in [0.05, 0.1) is 0 Å². The zero-order valence-corrected chi connectivity index (χ0v) is 16.0. The largest absolute Gasteiger partial charge is 0.302 e. The van der Waals surface area contributed by atoms with E-state index in [1.807, 2.05) is 60.7 Å². The molecule has 1 atom stereocenters. The summed E-state index contributed by atoms with van der Waals surface area (Å²) in [6.07, 6.45) is 4.72. The molecule has 0 bridgehead atoms. The highest BCUT2D eigenvalue weighted by Gasteiger charge is 2.31. The van der Waals surface area contributed by atoms with Crippen molar-refractivity contribution in [3.05, 3.63) is 60.7 Å². The number of likely N-dealkylation sites (tertiary alicyclic amines) is 1. The average molecular weight is 356 g/mol. The standard InChI is InChI=1S/C21H29N2OP/c1-2-3-16-23-17-10-11-19(18-23)22-25(24,20-12-6-4-7-13-20)21-14-8-5-9-15-21/h4-9,12-15,19H,2-3,10-11,16-18H2,1H3,(H,22,24). The van der Waals surface area contributed by atoms with E-state index in [4.69, 9.17) is 0 Å². The van der Waals surface area contributed by atoms with Gasteiger partial charge in [0.25, 0.3) is 0 Å². The van der Waals surface area contributed by atoms with Gasteiger partial charge in [-0.05, 0) is 56.6 Å². The minimum atomic E-state index is -2.82. The molecule has 3 rings (SSSR count). The highest BCUT2D eigenvalue weighted by Crippen LogP contribution is 2.40. The first-order valence-corrected chi connectivity index (χ1v) is 11.1. The van der Waals surface area contributed by atoms with Gasteiger partial charge in [-0.2, -0.15) is 0 Å². The summed E-state index contributed by atoms with van der Waals surface area (Å²) >= 11 is 0. The van der Waals surface area contributed by atoms with E-state index in [1.54, 1.807) is 0 Å². The Bertz CT molecular complexity index is 646. The Morgan fingerprint density at radius 3 is 2.20 bits per heavy atom. The molecule has 0 aromatic heterocycles. The van der Waals surface area contributed by atoms with Crippen molar-refractivity contribution >= 4 is 17.9 Å². The first-order chi connectivity index (χ1) is 12.2. The first-order valence-electron chi connectivity index (χ1n) is 9.44. The third kappa shape index (κ3) is 4.61. The maximum Gasteiger partial charge on any atom is 0.204 e. The zero-order chi connectivity index (χ0) is 17.5. The number of unbranched alkanes of at least 4 members (excludes halogenated alkanes) is 1. The third-order valence-corrected chi connectivity index (χ3v) is 7.72. The van der Waals surface area contributed by atoms with E-state index in [0.29, 0.717) is 0 Å². The van der Waals surface area contributed by atoms with Gasteiger partial charge in [0.1, 0.15) is 0 Å². The number of benzene rings is 2. The molecule has 4 heteroatoms. The van der Waals surface area contributed by atoms with Crippen molar-refractivity contribution in [3.8, 4) is 0 Å². The quantitative estimate of drug-likeness (QED) is 0.767. The first kappa shape index (κ1) is 18.4. The Morgan fingerprint density at radius 1 is 1.04 bits per heavy atom. The molecule has 0 amide bonds. The van der Waals surface area contributed by atoms with Crippen LogP contribution in [0.2, 0.25) is 0 Å². The number of hydrogen-bond donors (Lipinski definition) is 1. The molecular formula is C21H29N2OP. The van der Waals surface area contributed by atoms with Crippen LogP contribution in [0.25, 0.3) is 0 Å². The van der Waals surface area contributed by atoms with E-state index < -0.39 is 7.29 Å². The van der Waals surface area contributed by atoms with Gasteiger partial charge in [-0.15, -0.1) is 0 Å². The molecule has 3 nitrogen and oxygen atoms in total. The van der Waals surface area contributed by atoms with E-state index in [9.17, 15) is 4.57 Å². The molecule has 1 aliphatic heterocycles. The molecular weight excluding hydrogens is 327 g/mol. The van der Waals surface area contributed by atoms with Gasteiger partial charge in [0.2, 0.25) is 7.29 Å². The van der Waals surface area contributed by atoms with Crippen molar-refractivity contribution in [3.63, 3.8) is 0 Å². The van der Waals surface area contributed by atoms with Crippen LogP contribution in [0.4, 0.5) is 0 Å². The number of piperidine rings is 1. The average Bonchev–Trinajstić information content (AvgIpc) is 2.68. The molecule has 1 heterocycles. The van der Waals surface area contributed by atoms with Crippen molar-refractivity contribution in [1.29, 1.82) is 0 Å². The van der Waals surface area contributed by atoms with Crippen molar-refractivity contribution in [1.82, 2.24) is 9.99 Å². The Hall–Kier alpha value is -1.41. The van der Waals surface area contributed by atoms with E-state index in [1.165, 1.54) is 25.8 Å². The van der Waals surface area contributed by atoms with Crippen LogP contribution in [0.15, 0.2) is 60.7 Å². The number of hydrogen-bond acceptors (Lipinski definition) is 2. The Morgan fingerprint density at radius 2 is 1.64 bits per heavy atom. The van der Waals surface area contributed by atoms with Crippen LogP contribution in [0, 0.1) is 0 Å². The van der Waals surface area contributed by atoms with Gasteiger partial charge in [0, 0.05) is 23.2 Å². The van der Waals surface area contributed by atoms with Crippen LogP contribution >= 0.6 is 7.29 Å². The lowest BCUT2D eigenvalue weighted by molar-refractivity contribution is 0.199. The summed E-state index contributed by atoms with van der Waals surface area (Å²) < 4.78 is 14.1. The topological polar surface area (TPSA) is 32.3 Å². The molecule has 25 heavy (non-hydrogen) atoms. The molecule has 0 radical (unpaired) electrons. The van der Waals surface area contributed by atoms with E-state index >= 15 is 0 Å². The molecule has 1 aliphatic rings. The van der Waals surface area contributed by atoms with Gasteiger partial charge in [-0.1, -0.05) is 49.7 Å².